The number of hydrogen-bond acceptors (Lipinski definition) is 6. The van der Waals surface area contributed by atoms with E-state index in [-0.39, 0.29) is 28.7 Å². The van der Waals surface area contributed by atoms with Gasteiger partial charge >= 0.3 is 0 Å². The van der Waals surface area contributed by atoms with Gasteiger partial charge in [-0.1, -0.05) is 11.8 Å². The van der Waals surface area contributed by atoms with Gasteiger partial charge in [-0.05, 0) is 55.5 Å². The molecule has 0 saturated heterocycles. The van der Waals surface area contributed by atoms with Gasteiger partial charge in [-0.3, -0.25) is 9.59 Å². The Morgan fingerprint density at radius 1 is 1.00 bits per heavy atom. The summed E-state index contributed by atoms with van der Waals surface area (Å²) in [5, 5.41) is 13.0. The zero-order valence-corrected chi connectivity index (χ0v) is 15.9. The molecule has 0 spiro atoms. The molecule has 0 radical (unpaired) electrons. The number of carbonyl (C=O) groups excluding carboxylic acids is 2. The molecule has 0 unspecified atom stereocenters. The number of nitrogens with one attached hydrogen (secondary N) is 2. The van der Waals surface area contributed by atoms with Crippen molar-refractivity contribution in [2.45, 2.75) is 24.3 Å². The van der Waals surface area contributed by atoms with E-state index in [0.29, 0.717) is 16.9 Å². The lowest BCUT2D eigenvalue weighted by Gasteiger charge is -2.10. The van der Waals surface area contributed by atoms with Crippen LogP contribution in [0.4, 0.5) is 15.8 Å². The van der Waals surface area contributed by atoms with Crippen LogP contribution in [-0.2, 0) is 9.59 Å². The molecule has 3 aromatic rings. The quantitative estimate of drug-likeness (QED) is 0.608. The maximum atomic E-state index is 13.0. The Morgan fingerprint density at radius 2 is 1.61 bits per heavy atom. The second-order valence-electron chi connectivity index (χ2n) is 5.89. The van der Waals surface area contributed by atoms with Crippen molar-refractivity contribution >= 4 is 35.0 Å². The highest BCUT2D eigenvalue weighted by atomic mass is 32.2. The third-order valence-electron chi connectivity index (χ3n) is 3.62. The number of nitrogens with zero attached hydrogens (tertiary/aromatic N) is 2. The Morgan fingerprint density at radius 3 is 2.21 bits per heavy atom. The number of amides is 2. The minimum atomic E-state index is -0.489. The molecule has 1 heterocycles. The van der Waals surface area contributed by atoms with E-state index in [0.717, 1.165) is 11.8 Å². The van der Waals surface area contributed by atoms with Crippen LogP contribution in [0, 0.1) is 5.82 Å². The smallest absolute Gasteiger partial charge is 0.277 e. The van der Waals surface area contributed by atoms with E-state index in [4.69, 9.17) is 4.42 Å². The molecule has 7 nitrogen and oxygen atoms in total. The monoisotopic (exact) mass is 400 g/mol. The summed E-state index contributed by atoms with van der Waals surface area (Å²) in [4.78, 5) is 23.4. The first-order valence-electron chi connectivity index (χ1n) is 8.35. The van der Waals surface area contributed by atoms with E-state index in [2.05, 4.69) is 20.8 Å². The second kappa shape index (κ2) is 8.66. The molecule has 28 heavy (non-hydrogen) atoms. The largest absolute Gasteiger partial charge is 0.411 e. The Balaban J connectivity index is 1.58. The van der Waals surface area contributed by atoms with Crippen molar-refractivity contribution in [1.29, 1.82) is 0 Å². The zero-order chi connectivity index (χ0) is 20.1. The third-order valence-corrected chi connectivity index (χ3v) is 4.55. The summed E-state index contributed by atoms with van der Waals surface area (Å²) in [5.41, 5.74) is 1.84. The molecule has 1 atom stereocenters. The summed E-state index contributed by atoms with van der Waals surface area (Å²) in [6.45, 7) is 3.14. The number of hydrogen-bond donors (Lipinski definition) is 2. The van der Waals surface area contributed by atoms with Crippen LogP contribution in [0.3, 0.4) is 0 Å². The fourth-order valence-corrected chi connectivity index (χ4v) is 2.94. The Hall–Kier alpha value is -3.20. The fourth-order valence-electron chi connectivity index (χ4n) is 2.26. The minimum absolute atomic E-state index is 0.165. The maximum Gasteiger partial charge on any atom is 0.277 e. The number of anilines is 2. The van der Waals surface area contributed by atoms with Gasteiger partial charge in [0.2, 0.25) is 17.7 Å². The summed E-state index contributed by atoms with van der Waals surface area (Å²) in [6.07, 6.45) is 0. The van der Waals surface area contributed by atoms with E-state index in [1.165, 1.54) is 31.2 Å². The summed E-state index contributed by atoms with van der Waals surface area (Å²) in [7, 11) is 0. The highest BCUT2D eigenvalue weighted by Gasteiger charge is 2.19. The van der Waals surface area contributed by atoms with E-state index in [1.54, 1.807) is 31.2 Å². The Labute approximate surface area is 164 Å². The molecule has 0 saturated carbocycles. The van der Waals surface area contributed by atoms with Gasteiger partial charge in [-0.2, -0.15) is 0 Å². The predicted molar refractivity (Wildman–Crippen MR) is 104 cm³/mol. The Bertz CT molecular complexity index is 974. The maximum absolute atomic E-state index is 13.0. The van der Waals surface area contributed by atoms with Crippen molar-refractivity contribution in [3.63, 3.8) is 0 Å². The van der Waals surface area contributed by atoms with Crippen LogP contribution >= 0.6 is 11.8 Å². The molecule has 3 rings (SSSR count). The van der Waals surface area contributed by atoms with Crippen molar-refractivity contribution in [1.82, 2.24) is 10.2 Å². The van der Waals surface area contributed by atoms with Crippen molar-refractivity contribution in [2.24, 2.45) is 0 Å². The van der Waals surface area contributed by atoms with Crippen molar-refractivity contribution in [3.8, 4) is 11.5 Å². The van der Waals surface area contributed by atoms with Crippen LogP contribution in [-0.4, -0.2) is 27.3 Å². The molecule has 2 N–H and O–H groups in total. The van der Waals surface area contributed by atoms with Crippen LogP contribution in [0.5, 0.6) is 0 Å². The van der Waals surface area contributed by atoms with Gasteiger partial charge in [0.05, 0.1) is 5.25 Å². The zero-order valence-electron chi connectivity index (χ0n) is 15.1. The van der Waals surface area contributed by atoms with E-state index in [1.807, 2.05) is 0 Å². The Kier molecular flexibility index (Phi) is 6.05. The number of carbonyl (C=O) groups is 2. The van der Waals surface area contributed by atoms with Gasteiger partial charge in [0.1, 0.15) is 5.82 Å². The topological polar surface area (TPSA) is 97.1 Å². The molecule has 0 aliphatic carbocycles. The van der Waals surface area contributed by atoms with Crippen LogP contribution in [0.15, 0.2) is 58.2 Å². The number of benzene rings is 2. The molecular formula is C19H17FN4O3S. The first-order valence-corrected chi connectivity index (χ1v) is 9.23. The summed E-state index contributed by atoms with van der Waals surface area (Å²) >= 11 is 1.12. The highest BCUT2D eigenvalue weighted by molar-refractivity contribution is 8.00. The first-order chi connectivity index (χ1) is 13.4. The van der Waals surface area contributed by atoms with Gasteiger partial charge < -0.3 is 15.1 Å². The lowest BCUT2D eigenvalue weighted by molar-refractivity contribution is -0.115. The molecule has 0 fully saturated rings. The molecule has 2 aromatic carbocycles. The van der Waals surface area contributed by atoms with Gasteiger partial charge in [0.15, 0.2) is 0 Å². The van der Waals surface area contributed by atoms with Crippen LogP contribution in [0.25, 0.3) is 11.5 Å². The highest BCUT2D eigenvalue weighted by Crippen LogP contribution is 2.27. The van der Waals surface area contributed by atoms with Gasteiger partial charge in [-0.15, -0.1) is 10.2 Å². The molecule has 0 bridgehead atoms. The first kappa shape index (κ1) is 19.6. The SMILES string of the molecule is CC(=O)Nc1ccc(NC(=O)[C@H](C)Sc2nnc(-c3ccc(F)cc3)o2)cc1. The van der Waals surface area contributed by atoms with Crippen LogP contribution in [0.1, 0.15) is 13.8 Å². The average molecular weight is 400 g/mol. The predicted octanol–water partition coefficient (Wildman–Crippen LogP) is 3.95. The minimum Gasteiger partial charge on any atom is -0.411 e. The summed E-state index contributed by atoms with van der Waals surface area (Å²) in [6, 6.07) is 12.5. The van der Waals surface area contributed by atoms with Crippen LogP contribution < -0.4 is 10.6 Å². The molecule has 9 heteroatoms. The number of thioether (sulfide) groups is 1. The number of aromatic nitrogens is 2. The fraction of sp³-hybridized carbons (Fsp3) is 0.158. The lowest BCUT2D eigenvalue weighted by Crippen LogP contribution is -2.22. The number of rotatable bonds is 6. The standard InChI is InChI=1S/C19H17FN4O3S/c1-11(17(26)22-16-9-7-15(8-10-16)21-12(2)25)28-19-24-23-18(27-19)13-3-5-14(20)6-4-13/h3-11H,1-2H3,(H,21,25)(H,22,26)/t11-/m0/s1. The lowest BCUT2D eigenvalue weighted by atomic mass is 10.2. The average Bonchev–Trinajstić information content (AvgIpc) is 3.12. The summed E-state index contributed by atoms with van der Waals surface area (Å²) < 4.78 is 18.5. The van der Waals surface area contributed by atoms with E-state index >= 15 is 0 Å². The van der Waals surface area contributed by atoms with Gasteiger partial charge in [0.25, 0.3) is 5.22 Å². The molecular weight excluding hydrogens is 383 g/mol. The molecule has 0 aliphatic rings. The van der Waals surface area contributed by atoms with Crippen molar-refractivity contribution in [2.75, 3.05) is 10.6 Å². The normalized spacial score (nSPS) is 11.7. The molecule has 144 valence electrons. The van der Waals surface area contributed by atoms with E-state index < -0.39 is 5.25 Å². The van der Waals surface area contributed by atoms with Gasteiger partial charge in [-0.25, -0.2) is 4.39 Å². The molecule has 2 amide bonds. The molecule has 0 aliphatic heterocycles. The second-order valence-corrected chi connectivity index (χ2v) is 7.18. The van der Waals surface area contributed by atoms with E-state index in [9.17, 15) is 14.0 Å². The van der Waals surface area contributed by atoms with Crippen molar-refractivity contribution in [3.05, 3.63) is 54.3 Å². The molecule has 1 aromatic heterocycles. The number of halogens is 1. The van der Waals surface area contributed by atoms with Crippen molar-refractivity contribution < 1.29 is 18.4 Å². The van der Waals surface area contributed by atoms with Crippen LogP contribution in [0.2, 0.25) is 0 Å². The third kappa shape index (κ3) is 5.17. The van der Waals surface area contributed by atoms with Gasteiger partial charge in [0, 0.05) is 23.9 Å². The summed E-state index contributed by atoms with van der Waals surface area (Å²) in [5.74, 6) is -0.503.